The predicted octanol–water partition coefficient (Wildman–Crippen LogP) is 4.92. The fourth-order valence-electron chi connectivity index (χ4n) is 2.33. The molecule has 0 fully saturated rings. The van der Waals surface area contributed by atoms with Gasteiger partial charge in [-0.2, -0.15) is 0 Å². The average Bonchev–Trinajstić information content (AvgIpc) is 2.78. The Hall–Kier alpha value is -1.87. The number of benzene rings is 2. The van der Waals surface area contributed by atoms with Gasteiger partial charge in [0.2, 0.25) is 0 Å². The molecule has 0 aliphatic rings. The second-order valence-electron chi connectivity index (χ2n) is 4.89. The molecule has 0 atom stereocenters. The highest BCUT2D eigenvalue weighted by molar-refractivity contribution is 9.11. The van der Waals surface area contributed by atoms with Crippen LogP contribution >= 0.6 is 15.9 Å². The molecule has 0 bridgehead atoms. The molecule has 0 saturated carbocycles. The summed E-state index contributed by atoms with van der Waals surface area (Å²) in [6.07, 6.45) is 0. The summed E-state index contributed by atoms with van der Waals surface area (Å²) < 4.78 is 3.13. The van der Waals surface area contributed by atoms with Crippen LogP contribution in [-0.4, -0.2) is 9.55 Å². The molecule has 0 unspecified atom stereocenters. The number of imidazole rings is 1. The van der Waals surface area contributed by atoms with Crippen LogP contribution in [-0.2, 0) is 6.54 Å². The molecule has 0 radical (unpaired) electrons. The van der Waals surface area contributed by atoms with Crippen LogP contribution in [0.4, 0.5) is 0 Å². The normalized spacial score (nSPS) is 10.9. The third-order valence-electron chi connectivity index (χ3n) is 3.29. The maximum Gasteiger partial charge on any atom is 0.141 e. The SMILES string of the molecule is C=C(Br)Cn1c(-c2ccc(C)cc2)nc2ccccc21. The number of hydrogen-bond acceptors (Lipinski definition) is 1. The van der Waals surface area contributed by atoms with Gasteiger partial charge in [0.1, 0.15) is 5.82 Å². The van der Waals surface area contributed by atoms with E-state index in [1.54, 1.807) is 0 Å². The van der Waals surface area contributed by atoms with Crippen molar-refractivity contribution in [1.82, 2.24) is 9.55 Å². The fraction of sp³-hybridized carbons (Fsp3) is 0.118. The van der Waals surface area contributed by atoms with Gasteiger partial charge in [0.15, 0.2) is 0 Å². The van der Waals surface area contributed by atoms with E-state index in [1.807, 2.05) is 18.2 Å². The van der Waals surface area contributed by atoms with E-state index in [2.05, 4.69) is 64.3 Å². The second kappa shape index (κ2) is 5.25. The van der Waals surface area contributed by atoms with Crippen LogP contribution in [0.5, 0.6) is 0 Å². The van der Waals surface area contributed by atoms with E-state index < -0.39 is 0 Å². The van der Waals surface area contributed by atoms with E-state index in [0.29, 0.717) is 6.54 Å². The van der Waals surface area contributed by atoms with Gasteiger partial charge in [-0.15, -0.1) is 0 Å². The number of aromatic nitrogens is 2. The lowest BCUT2D eigenvalue weighted by atomic mass is 10.1. The Morgan fingerprint density at radius 1 is 1.15 bits per heavy atom. The molecule has 0 aliphatic carbocycles. The van der Waals surface area contributed by atoms with E-state index in [-0.39, 0.29) is 0 Å². The van der Waals surface area contributed by atoms with Crippen LogP contribution in [0.1, 0.15) is 5.56 Å². The maximum atomic E-state index is 4.77. The molecule has 0 aliphatic heterocycles. The Morgan fingerprint density at radius 2 is 1.85 bits per heavy atom. The molecule has 0 spiro atoms. The highest BCUT2D eigenvalue weighted by Gasteiger charge is 2.12. The number of para-hydroxylation sites is 2. The van der Waals surface area contributed by atoms with E-state index >= 15 is 0 Å². The molecular weight excluding hydrogens is 312 g/mol. The topological polar surface area (TPSA) is 17.8 Å². The van der Waals surface area contributed by atoms with Crippen LogP contribution in [0.15, 0.2) is 59.6 Å². The van der Waals surface area contributed by atoms with Gasteiger partial charge in [-0.05, 0) is 19.1 Å². The Morgan fingerprint density at radius 3 is 2.55 bits per heavy atom. The summed E-state index contributed by atoms with van der Waals surface area (Å²) in [6.45, 7) is 6.76. The zero-order valence-corrected chi connectivity index (χ0v) is 12.9. The smallest absolute Gasteiger partial charge is 0.141 e. The molecule has 1 aromatic heterocycles. The first-order chi connectivity index (χ1) is 9.65. The van der Waals surface area contributed by atoms with Gasteiger partial charge in [0.05, 0.1) is 17.6 Å². The lowest BCUT2D eigenvalue weighted by Gasteiger charge is -2.08. The first-order valence-electron chi connectivity index (χ1n) is 6.51. The molecule has 2 aromatic carbocycles. The van der Waals surface area contributed by atoms with Crippen LogP contribution in [0, 0.1) is 6.92 Å². The predicted molar refractivity (Wildman–Crippen MR) is 88.0 cm³/mol. The zero-order valence-electron chi connectivity index (χ0n) is 11.3. The summed E-state index contributed by atoms with van der Waals surface area (Å²) in [5.74, 6) is 0.979. The minimum Gasteiger partial charge on any atom is -0.319 e. The number of rotatable bonds is 3. The second-order valence-corrected chi connectivity index (χ2v) is 6.02. The van der Waals surface area contributed by atoms with Crippen molar-refractivity contribution in [3.63, 3.8) is 0 Å². The summed E-state index contributed by atoms with van der Waals surface area (Å²) in [5.41, 5.74) is 4.52. The van der Waals surface area contributed by atoms with Gasteiger partial charge in [0, 0.05) is 10.0 Å². The number of aryl methyl sites for hydroxylation is 1. The molecule has 20 heavy (non-hydrogen) atoms. The quantitative estimate of drug-likeness (QED) is 0.668. The van der Waals surface area contributed by atoms with Gasteiger partial charge >= 0.3 is 0 Å². The molecule has 100 valence electrons. The standard InChI is InChI=1S/C17H15BrN2/c1-12-7-9-14(10-8-12)17-19-15-5-3-4-6-16(15)20(17)11-13(2)18/h3-10H,2,11H2,1H3. The zero-order chi connectivity index (χ0) is 14.1. The highest BCUT2D eigenvalue weighted by Crippen LogP contribution is 2.26. The van der Waals surface area contributed by atoms with Crippen molar-refractivity contribution < 1.29 is 0 Å². The van der Waals surface area contributed by atoms with E-state index in [4.69, 9.17) is 4.98 Å². The van der Waals surface area contributed by atoms with E-state index in [0.717, 1.165) is 26.9 Å². The summed E-state index contributed by atoms with van der Waals surface area (Å²) in [4.78, 5) is 4.77. The number of allylic oxidation sites excluding steroid dienone is 1. The number of fused-ring (bicyclic) bond motifs is 1. The van der Waals surface area contributed by atoms with Crippen LogP contribution in [0.2, 0.25) is 0 Å². The molecule has 1 heterocycles. The highest BCUT2D eigenvalue weighted by atomic mass is 79.9. The van der Waals surface area contributed by atoms with Crippen LogP contribution in [0.3, 0.4) is 0 Å². The van der Waals surface area contributed by atoms with Crippen molar-refractivity contribution in [2.45, 2.75) is 13.5 Å². The number of nitrogens with zero attached hydrogens (tertiary/aromatic N) is 2. The largest absolute Gasteiger partial charge is 0.319 e. The Balaban J connectivity index is 2.23. The van der Waals surface area contributed by atoms with Crippen molar-refractivity contribution in [2.24, 2.45) is 0 Å². The van der Waals surface area contributed by atoms with Crippen molar-refractivity contribution >= 4 is 27.0 Å². The first kappa shape index (κ1) is 13.1. The van der Waals surface area contributed by atoms with Gasteiger partial charge in [-0.25, -0.2) is 4.98 Å². The lowest BCUT2D eigenvalue weighted by Crippen LogP contribution is -2.00. The third kappa shape index (κ3) is 2.41. The van der Waals surface area contributed by atoms with Crippen molar-refractivity contribution in [1.29, 1.82) is 0 Å². The molecule has 0 amide bonds. The number of halogens is 1. The van der Waals surface area contributed by atoms with Crippen molar-refractivity contribution in [3.05, 3.63) is 65.2 Å². The minimum absolute atomic E-state index is 0.712. The van der Waals surface area contributed by atoms with Crippen molar-refractivity contribution in [2.75, 3.05) is 0 Å². The van der Waals surface area contributed by atoms with Gasteiger partial charge in [-0.3, -0.25) is 0 Å². The fourth-order valence-corrected chi connectivity index (χ4v) is 2.58. The first-order valence-corrected chi connectivity index (χ1v) is 7.30. The summed E-state index contributed by atoms with van der Waals surface area (Å²) in [5, 5.41) is 0. The molecule has 3 aromatic rings. The maximum absolute atomic E-state index is 4.77. The Bertz CT molecular complexity index is 769. The molecular formula is C17H15BrN2. The molecule has 3 heteroatoms. The summed E-state index contributed by atoms with van der Waals surface area (Å²) >= 11 is 3.46. The Kier molecular flexibility index (Phi) is 3.45. The van der Waals surface area contributed by atoms with Gasteiger partial charge in [-0.1, -0.05) is 64.5 Å². The number of hydrogen-bond donors (Lipinski definition) is 0. The monoisotopic (exact) mass is 326 g/mol. The summed E-state index contributed by atoms with van der Waals surface area (Å²) in [6, 6.07) is 16.6. The molecule has 3 rings (SSSR count). The third-order valence-corrected chi connectivity index (χ3v) is 3.54. The lowest BCUT2D eigenvalue weighted by molar-refractivity contribution is 0.855. The van der Waals surface area contributed by atoms with Crippen molar-refractivity contribution in [3.8, 4) is 11.4 Å². The molecule has 0 saturated heterocycles. The van der Waals surface area contributed by atoms with Gasteiger partial charge in [0.25, 0.3) is 0 Å². The van der Waals surface area contributed by atoms with Gasteiger partial charge < -0.3 is 4.57 Å². The minimum atomic E-state index is 0.712. The Labute approximate surface area is 126 Å². The van der Waals surface area contributed by atoms with E-state index in [9.17, 15) is 0 Å². The molecule has 0 N–H and O–H groups in total. The summed E-state index contributed by atoms with van der Waals surface area (Å²) in [7, 11) is 0. The van der Waals surface area contributed by atoms with E-state index in [1.165, 1.54) is 5.56 Å². The molecule has 2 nitrogen and oxygen atoms in total. The average molecular weight is 327 g/mol. The van der Waals surface area contributed by atoms with Crippen LogP contribution < -0.4 is 0 Å². The van der Waals surface area contributed by atoms with Crippen LogP contribution in [0.25, 0.3) is 22.4 Å².